The fourth-order valence-corrected chi connectivity index (χ4v) is 5.53. The molecule has 190 valence electrons. The smallest absolute Gasteiger partial charge is 0.325 e. The predicted molar refractivity (Wildman–Crippen MR) is 131 cm³/mol. The van der Waals surface area contributed by atoms with Crippen LogP contribution in [0.1, 0.15) is 10.4 Å². The second-order valence-corrected chi connectivity index (χ2v) is 11.0. The van der Waals surface area contributed by atoms with Gasteiger partial charge in [-0.15, -0.1) is 0 Å². The molecule has 0 bridgehead atoms. The number of sulfone groups is 1. The lowest BCUT2D eigenvalue weighted by Gasteiger charge is -2.28. The van der Waals surface area contributed by atoms with Crippen LogP contribution in [-0.4, -0.2) is 69.5 Å². The van der Waals surface area contributed by atoms with E-state index in [1.165, 1.54) is 48.1 Å². The van der Waals surface area contributed by atoms with Crippen molar-refractivity contribution in [2.24, 2.45) is 4.99 Å². The Balaban J connectivity index is 1.80. The fourth-order valence-electron chi connectivity index (χ4n) is 3.74. The van der Waals surface area contributed by atoms with Gasteiger partial charge in [0.1, 0.15) is 12.2 Å². The molecule has 14 heteroatoms. The number of amides is 1. The van der Waals surface area contributed by atoms with E-state index in [1.54, 1.807) is 0 Å². The van der Waals surface area contributed by atoms with E-state index in [4.69, 9.17) is 9.47 Å². The van der Waals surface area contributed by atoms with Gasteiger partial charge in [-0.2, -0.15) is 4.99 Å². The van der Waals surface area contributed by atoms with Crippen molar-refractivity contribution >= 4 is 54.6 Å². The summed E-state index contributed by atoms with van der Waals surface area (Å²) in [5, 5.41) is 11.7. The number of esters is 1. The van der Waals surface area contributed by atoms with Gasteiger partial charge in [0.2, 0.25) is 0 Å². The molecular weight excluding hydrogens is 512 g/mol. The third kappa shape index (κ3) is 5.29. The number of benzene rings is 2. The van der Waals surface area contributed by atoms with E-state index in [-0.39, 0.29) is 27.5 Å². The molecule has 0 atom stereocenters. The third-order valence-electron chi connectivity index (χ3n) is 5.57. The number of morpholine rings is 1. The van der Waals surface area contributed by atoms with E-state index in [1.807, 2.05) is 4.90 Å². The number of carbonyl (C=O) groups is 2. The number of nitrogens with zero attached hydrogens (tertiary/aromatic N) is 4. The summed E-state index contributed by atoms with van der Waals surface area (Å²) in [7, 11) is -2.27. The number of fused-ring (bicyclic) bond motifs is 1. The molecule has 1 aliphatic heterocycles. The van der Waals surface area contributed by atoms with Crippen molar-refractivity contribution in [1.29, 1.82) is 0 Å². The zero-order valence-electron chi connectivity index (χ0n) is 19.4. The van der Waals surface area contributed by atoms with Crippen LogP contribution in [0.4, 0.5) is 11.4 Å². The number of nitro benzene ring substituents is 1. The lowest BCUT2D eigenvalue weighted by Crippen LogP contribution is -2.36. The highest BCUT2D eigenvalue weighted by molar-refractivity contribution is 7.90. The van der Waals surface area contributed by atoms with Crippen LogP contribution < -0.4 is 9.70 Å². The standard InChI is InChI=1S/C22H22N4O8S2/c1-33-20(27)13-25-17-6-4-15(36(2,31)32)12-19(17)35-22(25)23-21(28)14-3-5-16(18(11-14)26(29)30)24-7-9-34-10-8-24/h3-6,11-12H,7-10,13H2,1-2H3. The van der Waals surface area contributed by atoms with Gasteiger partial charge >= 0.3 is 5.97 Å². The molecule has 12 nitrogen and oxygen atoms in total. The Labute approximate surface area is 209 Å². The molecule has 1 fully saturated rings. The van der Waals surface area contributed by atoms with Crippen LogP contribution in [0.3, 0.4) is 0 Å². The normalized spacial score (nSPS) is 14.7. The van der Waals surface area contributed by atoms with Gasteiger partial charge < -0.3 is 18.9 Å². The number of ether oxygens (including phenoxy) is 2. The van der Waals surface area contributed by atoms with E-state index < -0.39 is 26.6 Å². The monoisotopic (exact) mass is 534 g/mol. The Kier molecular flexibility index (Phi) is 7.19. The lowest BCUT2D eigenvalue weighted by atomic mass is 10.1. The molecule has 0 spiro atoms. The first kappa shape index (κ1) is 25.5. The Morgan fingerprint density at radius 1 is 1.19 bits per heavy atom. The Bertz CT molecular complexity index is 1540. The van der Waals surface area contributed by atoms with Crippen molar-refractivity contribution < 1.29 is 32.4 Å². The molecule has 4 rings (SSSR count). The maximum absolute atomic E-state index is 13.0. The van der Waals surface area contributed by atoms with Crippen molar-refractivity contribution in [3.63, 3.8) is 0 Å². The largest absolute Gasteiger partial charge is 0.468 e. The molecule has 0 N–H and O–H groups in total. The first-order valence-electron chi connectivity index (χ1n) is 10.7. The van der Waals surface area contributed by atoms with Crippen LogP contribution >= 0.6 is 11.3 Å². The molecule has 0 aliphatic carbocycles. The second kappa shape index (κ2) is 10.2. The van der Waals surface area contributed by atoms with E-state index in [0.29, 0.717) is 42.2 Å². The van der Waals surface area contributed by atoms with Gasteiger partial charge in [-0.05, 0) is 30.3 Å². The number of hydrogen-bond donors (Lipinski definition) is 0. The van der Waals surface area contributed by atoms with Gasteiger partial charge in [0, 0.05) is 31.0 Å². The number of thiazole rings is 1. The SMILES string of the molecule is COC(=O)Cn1c(=NC(=O)c2ccc(N3CCOCC3)c([N+](=O)[O-])c2)sc2cc(S(C)(=O)=O)ccc21. The van der Waals surface area contributed by atoms with Crippen LogP contribution in [-0.2, 0) is 30.7 Å². The van der Waals surface area contributed by atoms with Crippen molar-refractivity contribution in [1.82, 2.24) is 4.57 Å². The molecule has 1 saturated heterocycles. The average Bonchev–Trinajstić information content (AvgIpc) is 3.19. The molecule has 0 saturated carbocycles. The minimum atomic E-state index is -3.49. The number of anilines is 1. The fraction of sp³-hybridized carbons (Fsp3) is 0.318. The number of rotatable bonds is 6. The van der Waals surface area contributed by atoms with Gasteiger partial charge in [0.25, 0.3) is 11.6 Å². The summed E-state index contributed by atoms with van der Waals surface area (Å²) in [6.07, 6.45) is 1.08. The van der Waals surface area contributed by atoms with Crippen LogP contribution in [0.15, 0.2) is 46.3 Å². The van der Waals surface area contributed by atoms with E-state index >= 15 is 0 Å². The summed E-state index contributed by atoms with van der Waals surface area (Å²) < 4.78 is 35.9. The maximum Gasteiger partial charge on any atom is 0.325 e. The van der Waals surface area contributed by atoms with Crippen LogP contribution in [0.25, 0.3) is 10.2 Å². The zero-order valence-corrected chi connectivity index (χ0v) is 21.0. The van der Waals surface area contributed by atoms with Crippen molar-refractivity contribution in [3.8, 4) is 0 Å². The average molecular weight is 535 g/mol. The quantitative estimate of drug-likeness (QED) is 0.262. The van der Waals surface area contributed by atoms with E-state index in [2.05, 4.69) is 4.99 Å². The van der Waals surface area contributed by atoms with E-state index in [0.717, 1.165) is 17.6 Å². The molecule has 1 aliphatic rings. The summed E-state index contributed by atoms with van der Waals surface area (Å²) in [6, 6.07) is 8.51. The number of hydrogen-bond acceptors (Lipinski definition) is 10. The predicted octanol–water partition coefficient (Wildman–Crippen LogP) is 1.77. The van der Waals surface area contributed by atoms with Crippen molar-refractivity contribution in [2.75, 3.05) is 44.6 Å². The molecule has 0 unspecified atom stereocenters. The molecule has 3 aromatic rings. The molecular formula is C22H22N4O8S2. The maximum atomic E-state index is 13.0. The number of methoxy groups -OCH3 is 1. The number of carbonyl (C=O) groups excluding carboxylic acids is 2. The van der Waals surface area contributed by atoms with Gasteiger partial charge in [-0.3, -0.25) is 19.7 Å². The summed E-state index contributed by atoms with van der Waals surface area (Å²) in [5.41, 5.74) is 0.640. The number of nitro groups is 1. The first-order valence-corrected chi connectivity index (χ1v) is 13.4. The lowest BCUT2D eigenvalue weighted by molar-refractivity contribution is -0.384. The molecule has 36 heavy (non-hydrogen) atoms. The third-order valence-corrected chi connectivity index (χ3v) is 7.72. The van der Waals surface area contributed by atoms with Crippen LogP contribution in [0.5, 0.6) is 0 Å². The highest BCUT2D eigenvalue weighted by atomic mass is 32.2. The highest BCUT2D eigenvalue weighted by Gasteiger charge is 2.23. The van der Waals surface area contributed by atoms with Crippen LogP contribution in [0, 0.1) is 10.1 Å². The minimum Gasteiger partial charge on any atom is -0.468 e. The molecule has 2 aromatic carbocycles. The summed E-state index contributed by atoms with van der Waals surface area (Å²) in [4.78, 5) is 42.4. The topological polar surface area (TPSA) is 150 Å². The minimum absolute atomic E-state index is 0.00221. The van der Waals surface area contributed by atoms with Crippen molar-refractivity contribution in [3.05, 3.63) is 56.9 Å². The Morgan fingerprint density at radius 2 is 1.92 bits per heavy atom. The van der Waals surface area contributed by atoms with Gasteiger partial charge in [0.15, 0.2) is 14.6 Å². The Hall–Kier alpha value is -3.62. The molecule has 1 aromatic heterocycles. The summed E-state index contributed by atoms with van der Waals surface area (Å²) in [6.45, 7) is 1.60. The zero-order chi connectivity index (χ0) is 26.0. The molecule has 2 heterocycles. The Morgan fingerprint density at radius 3 is 2.56 bits per heavy atom. The second-order valence-electron chi connectivity index (χ2n) is 7.93. The highest BCUT2D eigenvalue weighted by Crippen LogP contribution is 2.30. The number of aromatic nitrogens is 1. The van der Waals surface area contributed by atoms with Gasteiger partial charge in [-0.1, -0.05) is 11.3 Å². The summed E-state index contributed by atoms with van der Waals surface area (Å²) >= 11 is 1.01. The van der Waals surface area contributed by atoms with Crippen LogP contribution in [0.2, 0.25) is 0 Å². The first-order chi connectivity index (χ1) is 17.1. The van der Waals surface area contributed by atoms with Gasteiger partial charge in [0.05, 0.1) is 40.4 Å². The molecule has 1 amide bonds. The molecule has 0 radical (unpaired) electrons. The van der Waals surface area contributed by atoms with E-state index in [9.17, 15) is 28.1 Å². The summed E-state index contributed by atoms with van der Waals surface area (Å²) in [5.74, 6) is -1.35. The van der Waals surface area contributed by atoms with Crippen molar-refractivity contribution in [2.45, 2.75) is 11.4 Å². The van der Waals surface area contributed by atoms with Gasteiger partial charge in [-0.25, -0.2) is 8.42 Å².